The summed E-state index contributed by atoms with van der Waals surface area (Å²) in [5, 5.41) is 2.49. The van der Waals surface area contributed by atoms with Crippen LogP contribution in [0.5, 0.6) is 5.75 Å². The van der Waals surface area contributed by atoms with Gasteiger partial charge in [-0.1, -0.05) is 29.8 Å². The fraction of sp³-hybridized carbons (Fsp3) is 0.150. The second kappa shape index (κ2) is 8.50. The van der Waals surface area contributed by atoms with Crippen molar-refractivity contribution in [1.29, 1.82) is 0 Å². The molecule has 8 heteroatoms. The van der Waals surface area contributed by atoms with E-state index in [-0.39, 0.29) is 11.4 Å². The monoisotopic (exact) mass is 416 g/mol. The predicted octanol–water partition coefficient (Wildman–Crippen LogP) is 4.33. The molecule has 0 saturated carbocycles. The number of ether oxygens (including phenoxy) is 1. The number of carbonyl (C=O) groups excluding carboxylic acids is 3. The van der Waals surface area contributed by atoms with Crippen LogP contribution in [0.4, 0.5) is 10.5 Å². The molecule has 1 fully saturated rings. The lowest BCUT2D eigenvalue weighted by Gasteiger charge is -2.13. The van der Waals surface area contributed by atoms with E-state index >= 15 is 0 Å². The van der Waals surface area contributed by atoms with E-state index in [1.807, 2.05) is 19.1 Å². The molecule has 2 aromatic carbocycles. The molecule has 0 bridgehead atoms. The highest BCUT2D eigenvalue weighted by Gasteiger charge is 2.36. The minimum atomic E-state index is -0.503. The Bertz CT molecular complexity index is 990. The van der Waals surface area contributed by atoms with E-state index in [1.165, 1.54) is 0 Å². The third-order valence-electron chi connectivity index (χ3n) is 4.09. The molecule has 3 rings (SSSR count). The van der Waals surface area contributed by atoms with Gasteiger partial charge in [0.25, 0.3) is 11.1 Å². The number of thioether (sulfide) groups is 1. The fourth-order valence-corrected chi connectivity index (χ4v) is 3.62. The molecule has 0 aromatic heterocycles. The van der Waals surface area contributed by atoms with Crippen LogP contribution in [0, 0.1) is 6.92 Å². The first-order valence-corrected chi connectivity index (χ1v) is 9.53. The summed E-state index contributed by atoms with van der Waals surface area (Å²) < 4.78 is 5.17. The highest BCUT2D eigenvalue weighted by molar-refractivity contribution is 8.18. The van der Waals surface area contributed by atoms with E-state index in [0.29, 0.717) is 16.5 Å². The standard InChI is InChI=1S/C20H17ClN2O4S/c1-12-9-14(27-2)8-7-13(12)10-17-19(25)23(20(26)28-17)11-18(24)22-16-6-4-3-5-15(16)21/h3-10H,11H2,1-2H3,(H,22,24)/b17-10+. The normalized spacial score (nSPS) is 15.2. The molecule has 1 aliphatic heterocycles. The van der Waals surface area contributed by atoms with Crippen molar-refractivity contribution in [3.8, 4) is 5.75 Å². The summed E-state index contributed by atoms with van der Waals surface area (Å²) in [5.41, 5.74) is 2.12. The number of hydrogen-bond donors (Lipinski definition) is 1. The summed E-state index contributed by atoms with van der Waals surface area (Å²) in [6.45, 7) is 1.50. The van der Waals surface area contributed by atoms with Crippen LogP contribution in [0.25, 0.3) is 6.08 Å². The summed E-state index contributed by atoms with van der Waals surface area (Å²) in [5.74, 6) is -0.296. The van der Waals surface area contributed by atoms with Gasteiger partial charge in [0.05, 0.1) is 22.7 Å². The van der Waals surface area contributed by atoms with Gasteiger partial charge in [-0.25, -0.2) is 0 Å². The lowest BCUT2D eigenvalue weighted by molar-refractivity contribution is -0.127. The molecule has 1 aliphatic rings. The highest BCUT2D eigenvalue weighted by atomic mass is 35.5. The predicted molar refractivity (Wildman–Crippen MR) is 110 cm³/mol. The van der Waals surface area contributed by atoms with E-state index in [2.05, 4.69) is 5.32 Å². The largest absolute Gasteiger partial charge is 0.497 e. The molecule has 0 aliphatic carbocycles. The molecule has 1 N–H and O–H groups in total. The van der Waals surface area contributed by atoms with Crippen LogP contribution in [0.3, 0.4) is 0 Å². The molecule has 6 nitrogen and oxygen atoms in total. The minimum absolute atomic E-state index is 0.267. The number of methoxy groups -OCH3 is 1. The molecule has 3 amide bonds. The zero-order chi connectivity index (χ0) is 20.3. The Morgan fingerprint density at radius 2 is 2.00 bits per heavy atom. The lowest BCUT2D eigenvalue weighted by atomic mass is 10.1. The molecular formula is C20H17ClN2O4S. The number of rotatable bonds is 5. The fourth-order valence-electron chi connectivity index (χ4n) is 2.61. The van der Waals surface area contributed by atoms with Crippen LogP contribution in [0.1, 0.15) is 11.1 Å². The van der Waals surface area contributed by atoms with Gasteiger partial charge in [0, 0.05) is 0 Å². The zero-order valence-electron chi connectivity index (χ0n) is 15.2. The second-order valence-corrected chi connectivity index (χ2v) is 7.42. The van der Waals surface area contributed by atoms with Crippen molar-refractivity contribution < 1.29 is 19.1 Å². The summed E-state index contributed by atoms with van der Waals surface area (Å²) in [6, 6.07) is 12.2. The van der Waals surface area contributed by atoms with Crippen molar-refractivity contribution in [2.45, 2.75) is 6.92 Å². The molecule has 0 atom stereocenters. The number of imide groups is 1. The molecular weight excluding hydrogens is 400 g/mol. The van der Waals surface area contributed by atoms with Crippen molar-refractivity contribution in [3.63, 3.8) is 0 Å². The summed E-state index contributed by atoms with van der Waals surface area (Å²) in [6.07, 6.45) is 1.64. The smallest absolute Gasteiger partial charge is 0.294 e. The van der Waals surface area contributed by atoms with Crippen LogP contribution < -0.4 is 10.1 Å². The summed E-state index contributed by atoms with van der Waals surface area (Å²) in [4.78, 5) is 38.3. The number of nitrogens with one attached hydrogen (secondary N) is 1. The second-order valence-electron chi connectivity index (χ2n) is 6.02. The zero-order valence-corrected chi connectivity index (χ0v) is 16.8. The topological polar surface area (TPSA) is 75.7 Å². The third kappa shape index (κ3) is 4.37. The maximum atomic E-state index is 12.6. The van der Waals surface area contributed by atoms with E-state index in [1.54, 1.807) is 43.5 Å². The SMILES string of the molecule is COc1ccc(/C=C2/SC(=O)N(CC(=O)Nc3ccccc3Cl)C2=O)c(C)c1. The Labute approximate surface area is 171 Å². The van der Waals surface area contributed by atoms with Crippen LogP contribution in [-0.4, -0.2) is 35.6 Å². The average Bonchev–Trinajstić information content (AvgIpc) is 2.92. The van der Waals surface area contributed by atoms with Crippen LogP contribution >= 0.6 is 23.4 Å². The van der Waals surface area contributed by atoms with Gasteiger partial charge in [-0.15, -0.1) is 0 Å². The molecule has 0 spiro atoms. The van der Waals surface area contributed by atoms with Gasteiger partial charge in [0.2, 0.25) is 5.91 Å². The van der Waals surface area contributed by atoms with Gasteiger partial charge in [-0.05, 0) is 60.2 Å². The Morgan fingerprint density at radius 1 is 1.25 bits per heavy atom. The van der Waals surface area contributed by atoms with E-state index in [4.69, 9.17) is 16.3 Å². The average molecular weight is 417 g/mol. The number of para-hydroxylation sites is 1. The van der Waals surface area contributed by atoms with Gasteiger partial charge < -0.3 is 10.1 Å². The number of amides is 3. The number of anilines is 1. The Morgan fingerprint density at radius 3 is 2.68 bits per heavy atom. The van der Waals surface area contributed by atoms with Gasteiger partial charge >= 0.3 is 0 Å². The first-order chi connectivity index (χ1) is 13.4. The van der Waals surface area contributed by atoms with Crippen molar-refractivity contribution in [2.24, 2.45) is 0 Å². The molecule has 2 aromatic rings. The van der Waals surface area contributed by atoms with Crippen molar-refractivity contribution in [2.75, 3.05) is 19.0 Å². The van der Waals surface area contributed by atoms with Crippen LogP contribution in [0.2, 0.25) is 5.02 Å². The van der Waals surface area contributed by atoms with E-state index < -0.39 is 17.1 Å². The number of carbonyl (C=O) groups is 3. The number of hydrogen-bond acceptors (Lipinski definition) is 5. The van der Waals surface area contributed by atoms with Crippen LogP contribution in [-0.2, 0) is 9.59 Å². The molecule has 28 heavy (non-hydrogen) atoms. The number of benzene rings is 2. The Balaban J connectivity index is 1.73. The van der Waals surface area contributed by atoms with Crippen molar-refractivity contribution in [3.05, 3.63) is 63.5 Å². The van der Waals surface area contributed by atoms with E-state index in [9.17, 15) is 14.4 Å². The molecule has 144 valence electrons. The van der Waals surface area contributed by atoms with Crippen molar-refractivity contribution in [1.82, 2.24) is 4.90 Å². The van der Waals surface area contributed by atoms with Gasteiger partial charge in [0.1, 0.15) is 12.3 Å². The van der Waals surface area contributed by atoms with Gasteiger partial charge in [0.15, 0.2) is 0 Å². The Kier molecular flexibility index (Phi) is 6.06. The van der Waals surface area contributed by atoms with Gasteiger partial charge in [-0.3, -0.25) is 19.3 Å². The number of nitrogens with zero attached hydrogens (tertiary/aromatic N) is 1. The summed E-state index contributed by atoms with van der Waals surface area (Å²) in [7, 11) is 1.58. The quantitative estimate of drug-likeness (QED) is 0.734. The van der Waals surface area contributed by atoms with Gasteiger partial charge in [-0.2, -0.15) is 0 Å². The first kappa shape index (κ1) is 20.0. The molecule has 1 saturated heterocycles. The number of aryl methyl sites for hydroxylation is 1. The first-order valence-electron chi connectivity index (χ1n) is 8.33. The third-order valence-corrected chi connectivity index (χ3v) is 5.32. The minimum Gasteiger partial charge on any atom is -0.497 e. The maximum absolute atomic E-state index is 12.6. The number of halogens is 1. The Hall–Kier alpha value is -2.77. The highest BCUT2D eigenvalue weighted by Crippen LogP contribution is 2.33. The lowest BCUT2D eigenvalue weighted by Crippen LogP contribution is -2.36. The summed E-state index contributed by atoms with van der Waals surface area (Å²) >= 11 is 6.82. The maximum Gasteiger partial charge on any atom is 0.294 e. The van der Waals surface area contributed by atoms with Crippen LogP contribution in [0.15, 0.2) is 47.4 Å². The molecule has 1 heterocycles. The molecule has 0 unspecified atom stereocenters. The van der Waals surface area contributed by atoms with Crippen molar-refractivity contribution >= 4 is 52.2 Å². The van der Waals surface area contributed by atoms with E-state index in [0.717, 1.165) is 27.8 Å². The molecule has 0 radical (unpaired) electrons.